The number of aliphatic imine (C=N–C) groups is 1. The summed E-state index contributed by atoms with van der Waals surface area (Å²) in [4.78, 5) is 4.56. The van der Waals surface area contributed by atoms with Gasteiger partial charge < -0.3 is 15.4 Å². The summed E-state index contributed by atoms with van der Waals surface area (Å²) in [6.07, 6.45) is 0. The Morgan fingerprint density at radius 1 is 1.06 bits per heavy atom. The number of sulfonamides is 1. The van der Waals surface area contributed by atoms with E-state index in [4.69, 9.17) is 4.74 Å². The van der Waals surface area contributed by atoms with Crippen LogP contribution in [0, 0.1) is 5.92 Å². The van der Waals surface area contributed by atoms with Crippen LogP contribution in [0.4, 0.5) is 0 Å². The predicted octanol–water partition coefficient (Wildman–Crippen LogP) is 3.40. The van der Waals surface area contributed by atoms with Crippen molar-refractivity contribution in [3.63, 3.8) is 0 Å². The maximum absolute atomic E-state index is 12.6. The maximum Gasteiger partial charge on any atom is 0.242 e. The first-order chi connectivity index (χ1) is 14.6. The van der Waals surface area contributed by atoms with Crippen LogP contribution in [0.25, 0.3) is 0 Å². The van der Waals surface area contributed by atoms with Crippen LogP contribution in [0.5, 0.6) is 5.75 Å². The minimum absolute atomic E-state index is 0.00565. The molecule has 0 aromatic heterocycles. The lowest BCUT2D eigenvalue weighted by Gasteiger charge is -2.20. The van der Waals surface area contributed by atoms with Gasteiger partial charge in [-0.25, -0.2) is 12.7 Å². The van der Waals surface area contributed by atoms with Gasteiger partial charge in [0.25, 0.3) is 0 Å². The van der Waals surface area contributed by atoms with Gasteiger partial charge in [0.1, 0.15) is 5.75 Å². The average Bonchev–Trinajstić information content (AvgIpc) is 2.75. The zero-order chi connectivity index (χ0) is 23.0. The number of nitrogens with one attached hydrogen (secondary N) is 2. The van der Waals surface area contributed by atoms with Gasteiger partial charge in [0.15, 0.2) is 5.96 Å². The molecular formula is C23H34N4O3S. The molecule has 0 spiro atoms. The first-order valence-corrected chi connectivity index (χ1v) is 11.8. The molecule has 31 heavy (non-hydrogen) atoms. The lowest BCUT2D eigenvalue weighted by molar-refractivity contribution is 0.271. The Kier molecular flexibility index (Phi) is 8.88. The summed E-state index contributed by atoms with van der Waals surface area (Å²) >= 11 is 0. The lowest BCUT2D eigenvalue weighted by atomic mass is 10.1. The molecule has 2 aromatic carbocycles. The van der Waals surface area contributed by atoms with Crippen molar-refractivity contribution in [3.8, 4) is 5.75 Å². The molecule has 0 aliphatic carbocycles. The number of rotatable bonds is 9. The molecule has 2 aromatic rings. The first-order valence-electron chi connectivity index (χ1n) is 10.4. The monoisotopic (exact) mass is 446 g/mol. The normalized spacial score (nSPS) is 13.4. The molecule has 0 aliphatic heterocycles. The summed E-state index contributed by atoms with van der Waals surface area (Å²) in [6, 6.07) is 15.0. The average molecular weight is 447 g/mol. The Labute approximate surface area is 186 Å². The highest BCUT2D eigenvalue weighted by atomic mass is 32.2. The fourth-order valence-electron chi connectivity index (χ4n) is 2.88. The Bertz CT molecular complexity index is 971. The van der Waals surface area contributed by atoms with E-state index in [-0.39, 0.29) is 10.9 Å². The fraction of sp³-hybridized carbons (Fsp3) is 0.435. The van der Waals surface area contributed by atoms with Crippen molar-refractivity contribution < 1.29 is 13.2 Å². The second-order valence-corrected chi connectivity index (χ2v) is 10.1. The van der Waals surface area contributed by atoms with Crippen molar-refractivity contribution in [2.75, 3.05) is 27.7 Å². The molecule has 2 N–H and O–H groups in total. The van der Waals surface area contributed by atoms with E-state index in [1.54, 1.807) is 25.2 Å². The van der Waals surface area contributed by atoms with E-state index in [2.05, 4.69) is 29.5 Å². The molecule has 0 amide bonds. The molecule has 0 aliphatic rings. The van der Waals surface area contributed by atoms with Gasteiger partial charge in [-0.2, -0.15) is 0 Å². The van der Waals surface area contributed by atoms with Gasteiger partial charge in [0.05, 0.1) is 17.5 Å². The van der Waals surface area contributed by atoms with Crippen molar-refractivity contribution in [2.45, 2.75) is 38.3 Å². The Morgan fingerprint density at radius 3 is 2.29 bits per heavy atom. The highest BCUT2D eigenvalue weighted by Gasteiger charge is 2.20. The molecule has 0 saturated carbocycles. The van der Waals surface area contributed by atoms with Gasteiger partial charge in [0.2, 0.25) is 10.0 Å². The summed E-state index contributed by atoms with van der Waals surface area (Å²) in [7, 11) is 1.22. The predicted molar refractivity (Wildman–Crippen MR) is 126 cm³/mol. The largest absolute Gasteiger partial charge is 0.493 e. The maximum atomic E-state index is 12.6. The second kappa shape index (κ2) is 11.2. The number of benzene rings is 2. The molecule has 0 radical (unpaired) electrons. The van der Waals surface area contributed by atoms with E-state index in [1.165, 1.54) is 18.4 Å². The molecule has 1 unspecified atom stereocenters. The number of hydrogen-bond acceptors (Lipinski definition) is 4. The van der Waals surface area contributed by atoms with Crippen molar-refractivity contribution in [2.24, 2.45) is 10.9 Å². The van der Waals surface area contributed by atoms with Crippen molar-refractivity contribution in [1.82, 2.24) is 14.9 Å². The third-order valence-corrected chi connectivity index (χ3v) is 6.63. The summed E-state index contributed by atoms with van der Waals surface area (Å²) in [5, 5.41) is 6.56. The summed E-state index contributed by atoms with van der Waals surface area (Å²) < 4.78 is 32.1. The summed E-state index contributed by atoms with van der Waals surface area (Å²) in [6.45, 7) is 7.30. The molecule has 8 heteroatoms. The zero-order valence-electron chi connectivity index (χ0n) is 19.2. The van der Waals surface area contributed by atoms with Crippen molar-refractivity contribution in [3.05, 3.63) is 59.7 Å². The summed E-state index contributed by atoms with van der Waals surface area (Å²) in [5.74, 6) is 1.92. The highest BCUT2D eigenvalue weighted by Crippen LogP contribution is 2.19. The van der Waals surface area contributed by atoms with E-state index < -0.39 is 10.0 Å². The Morgan fingerprint density at radius 2 is 1.71 bits per heavy atom. The van der Waals surface area contributed by atoms with E-state index in [9.17, 15) is 8.42 Å². The minimum atomic E-state index is -3.52. The van der Waals surface area contributed by atoms with E-state index >= 15 is 0 Å². The third-order valence-electron chi connectivity index (χ3n) is 4.72. The standard InChI is InChI=1S/C23H34N4O3S/c1-17(2)16-30-21-13-11-19(12-14-21)18(3)26-23(24-4)25-15-20-9-7-8-10-22(20)31(28,29)27(5)6/h7-14,17-18H,15-16H2,1-6H3,(H2,24,25,26). The van der Waals surface area contributed by atoms with E-state index in [0.717, 1.165) is 11.3 Å². The first kappa shape index (κ1) is 24.7. The molecule has 2 rings (SSSR count). The molecule has 0 saturated heterocycles. The summed E-state index contributed by atoms with van der Waals surface area (Å²) in [5.41, 5.74) is 1.77. The van der Waals surface area contributed by atoms with Gasteiger partial charge in [0, 0.05) is 27.7 Å². The number of ether oxygens (including phenoxy) is 1. The lowest BCUT2D eigenvalue weighted by Crippen LogP contribution is -2.38. The number of guanidine groups is 1. The zero-order valence-corrected chi connectivity index (χ0v) is 20.0. The van der Waals surface area contributed by atoms with Crippen molar-refractivity contribution in [1.29, 1.82) is 0 Å². The SMILES string of the molecule is CN=C(NCc1ccccc1S(=O)(=O)N(C)C)NC(C)c1ccc(OCC(C)C)cc1. The van der Waals surface area contributed by atoms with Crippen LogP contribution in [-0.4, -0.2) is 46.4 Å². The fourth-order valence-corrected chi connectivity index (χ4v) is 3.99. The van der Waals surface area contributed by atoms with Crippen LogP contribution in [-0.2, 0) is 16.6 Å². The molecule has 0 heterocycles. The van der Waals surface area contributed by atoms with Crippen LogP contribution < -0.4 is 15.4 Å². The molecule has 170 valence electrons. The van der Waals surface area contributed by atoms with Gasteiger partial charge >= 0.3 is 0 Å². The van der Waals surface area contributed by atoms with Crippen molar-refractivity contribution >= 4 is 16.0 Å². The van der Waals surface area contributed by atoms with E-state index in [0.29, 0.717) is 30.6 Å². The molecule has 1 atom stereocenters. The smallest absolute Gasteiger partial charge is 0.242 e. The van der Waals surface area contributed by atoms with Crippen LogP contribution in [0.1, 0.15) is 37.9 Å². The van der Waals surface area contributed by atoms with Crippen LogP contribution in [0.2, 0.25) is 0 Å². The number of hydrogen-bond donors (Lipinski definition) is 2. The van der Waals surface area contributed by atoms with Crippen LogP contribution in [0.3, 0.4) is 0 Å². The molecule has 7 nitrogen and oxygen atoms in total. The van der Waals surface area contributed by atoms with Gasteiger partial charge in [-0.15, -0.1) is 0 Å². The molecule has 0 fully saturated rings. The number of nitrogens with zero attached hydrogens (tertiary/aromatic N) is 2. The topological polar surface area (TPSA) is 83.0 Å². The van der Waals surface area contributed by atoms with E-state index in [1.807, 2.05) is 37.3 Å². The molecular weight excluding hydrogens is 412 g/mol. The van der Waals surface area contributed by atoms with Crippen LogP contribution in [0.15, 0.2) is 58.4 Å². The quantitative estimate of drug-likeness (QED) is 0.456. The molecule has 0 bridgehead atoms. The second-order valence-electron chi connectivity index (χ2n) is 7.96. The van der Waals surface area contributed by atoms with Crippen LogP contribution >= 0.6 is 0 Å². The third kappa shape index (κ3) is 6.97. The minimum Gasteiger partial charge on any atom is -0.493 e. The highest BCUT2D eigenvalue weighted by molar-refractivity contribution is 7.89. The Hall–Kier alpha value is -2.58. The van der Waals surface area contributed by atoms with Gasteiger partial charge in [-0.05, 0) is 42.2 Å². The Balaban J connectivity index is 2.02. The van der Waals surface area contributed by atoms with Gasteiger partial charge in [-0.3, -0.25) is 4.99 Å². The van der Waals surface area contributed by atoms with Gasteiger partial charge in [-0.1, -0.05) is 44.2 Å².